The Labute approximate surface area is 66.5 Å². The van der Waals surface area contributed by atoms with Gasteiger partial charge in [0.05, 0.1) is 11.9 Å². The summed E-state index contributed by atoms with van der Waals surface area (Å²) in [6.45, 7) is 3.02. The van der Waals surface area contributed by atoms with E-state index in [2.05, 4.69) is 12.8 Å². The van der Waals surface area contributed by atoms with Crippen LogP contribution in [-0.4, -0.2) is 23.7 Å². The molecule has 1 aliphatic heterocycles. The maximum absolute atomic E-state index is 5.37. The first-order valence-corrected chi connectivity index (χ1v) is 4.56. The Morgan fingerprint density at radius 3 is 3.10 bits per heavy atom. The van der Waals surface area contributed by atoms with Crippen LogP contribution in [0.3, 0.4) is 0 Å². The highest BCUT2D eigenvalue weighted by Gasteiger charge is 2.23. The summed E-state index contributed by atoms with van der Waals surface area (Å²) >= 11 is 1.83. The summed E-state index contributed by atoms with van der Waals surface area (Å²) in [6, 6.07) is 0. The van der Waals surface area contributed by atoms with Gasteiger partial charge in [0, 0.05) is 11.9 Å². The van der Waals surface area contributed by atoms with Crippen LogP contribution >= 0.6 is 11.8 Å². The van der Waals surface area contributed by atoms with Crippen LogP contribution in [0.4, 0.5) is 0 Å². The topological polar surface area (TPSA) is 9.23 Å². The van der Waals surface area contributed by atoms with E-state index in [0.717, 1.165) is 18.8 Å². The quantitative estimate of drug-likeness (QED) is 0.561. The Morgan fingerprint density at radius 2 is 2.60 bits per heavy atom. The molecular formula is C8H12OS. The van der Waals surface area contributed by atoms with Gasteiger partial charge >= 0.3 is 0 Å². The van der Waals surface area contributed by atoms with Gasteiger partial charge in [-0.3, -0.25) is 0 Å². The van der Waals surface area contributed by atoms with Gasteiger partial charge < -0.3 is 4.74 Å². The second kappa shape index (κ2) is 3.90. The number of terminal acetylenes is 1. The van der Waals surface area contributed by atoms with Crippen molar-refractivity contribution < 1.29 is 4.74 Å². The molecule has 2 atom stereocenters. The van der Waals surface area contributed by atoms with Crippen LogP contribution < -0.4 is 0 Å². The Kier molecular flexibility index (Phi) is 3.11. The molecule has 0 radical (unpaired) electrons. The van der Waals surface area contributed by atoms with Crippen molar-refractivity contribution in [2.45, 2.75) is 24.7 Å². The predicted molar refractivity (Wildman–Crippen MR) is 45.1 cm³/mol. The zero-order valence-electron chi connectivity index (χ0n) is 6.17. The molecule has 1 aliphatic rings. The average Bonchev–Trinajstić information content (AvgIpc) is 2.31. The van der Waals surface area contributed by atoms with E-state index in [1.54, 1.807) is 0 Å². The molecule has 0 aromatic heterocycles. The minimum atomic E-state index is 0.401. The Morgan fingerprint density at radius 1 is 1.80 bits per heavy atom. The molecule has 0 N–H and O–H groups in total. The van der Waals surface area contributed by atoms with Gasteiger partial charge in [-0.2, -0.15) is 0 Å². The first-order chi connectivity index (χ1) is 4.84. The van der Waals surface area contributed by atoms with Gasteiger partial charge in [0.1, 0.15) is 0 Å². The molecule has 56 valence electrons. The van der Waals surface area contributed by atoms with E-state index in [1.165, 1.54) is 0 Å². The summed E-state index contributed by atoms with van der Waals surface area (Å²) in [5.74, 6) is 3.44. The average molecular weight is 156 g/mol. The number of hydrogen-bond donors (Lipinski definition) is 0. The van der Waals surface area contributed by atoms with Crippen LogP contribution in [0.5, 0.6) is 0 Å². The second-order valence-electron chi connectivity index (χ2n) is 2.42. The molecule has 0 amide bonds. The lowest BCUT2D eigenvalue weighted by molar-refractivity contribution is 0.127. The molecule has 0 aliphatic carbocycles. The fraction of sp³-hybridized carbons (Fsp3) is 0.750. The maximum atomic E-state index is 5.37. The van der Waals surface area contributed by atoms with E-state index < -0.39 is 0 Å². The van der Waals surface area contributed by atoms with E-state index in [-0.39, 0.29) is 0 Å². The van der Waals surface area contributed by atoms with Crippen LogP contribution in [0, 0.1) is 12.3 Å². The third kappa shape index (κ3) is 1.93. The highest BCUT2D eigenvalue weighted by atomic mass is 32.2. The van der Waals surface area contributed by atoms with E-state index in [4.69, 9.17) is 11.2 Å². The van der Waals surface area contributed by atoms with Gasteiger partial charge in [-0.05, 0) is 13.3 Å². The molecule has 0 aromatic carbocycles. The standard InChI is InChI=1S/C8H12OS/c1-3-6-10-8-4-5-9-7(8)2/h1,7-8H,4-6H2,2H3. The molecular weight excluding hydrogens is 144 g/mol. The summed E-state index contributed by atoms with van der Waals surface area (Å²) in [6.07, 6.45) is 6.70. The number of rotatable bonds is 2. The van der Waals surface area contributed by atoms with Gasteiger partial charge in [-0.15, -0.1) is 18.2 Å². The number of hydrogen-bond acceptors (Lipinski definition) is 2. The maximum Gasteiger partial charge on any atom is 0.0666 e. The second-order valence-corrected chi connectivity index (χ2v) is 3.65. The van der Waals surface area contributed by atoms with E-state index in [0.29, 0.717) is 11.4 Å². The monoisotopic (exact) mass is 156 g/mol. The normalized spacial score (nSPS) is 32.0. The Bertz CT molecular complexity index is 139. The van der Waals surface area contributed by atoms with Crippen molar-refractivity contribution in [3.63, 3.8) is 0 Å². The third-order valence-electron chi connectivity index (χ3n) is 1.69. The van der Waals surface area contributed by atoms with Crippen LogP contribution in [0.15, 0.2) is 0 Å². The minimum absolute atomic E-state index is 0.401. The predicted octanol–water partition coefficient (Wildman–Crippen LogP) is 1.53. The zero-order chi connectivity index (χ0) is 7.40. The van der Waals surface area contributed by atoms with Gasteiger partial charge in [0.2, 0.25) is 0 Å². The fourth-order valence-corrected chi connectivity index (χ4v) is 2.01. The summed E-state index contributed by atoms with van der Waals surface area (Å²) in [5, 5.41) is 0.635. The molecule has 1 rings (SSSR count). The third-order valence-corrected chi connectivity index (χ3v) is 3.07. The SMILES string of the molecule is C#CCSC1CCOC1C. The minimum Gasteiger partial charge on any atom is -0.377 e. The summed E-state index contributed by atoms with van der Waals surface area (Å²) in [4.78, 5) is 0. The summed E-state index contributed by atoms with van der Waals surface area (Å²) < 4.78 is 5.37. The molecule has 10 heavy (non-hydrogen) atoms. The number of thioether (sulfide) groups is 1. The highest BCUT2D eigenvalue weighted by molar-refractivity contribution is 8.00. The fourth-order valence-electron chi connectivity index (χ4n) is 1.09. The summed E-state index contributed by atoms with van der Waals surface area (Å²) in [7, 11) is 0. The van der Waals surface area contributed by atoms with Gasteiger partial charge in [0.15, 0.2) is 0 Å². The van der Waals surface area contributed by atoms with Crippen molar-refractivity contribution in [2.24, 2.45) is 0 Å². The van der Waals surface area contributed by atoms with E-state index in [1.807, 2.05) is 11.8 Å². The van der Waals surface area contributed by atoms with Gasteiger partial charge in [-0.25, -0.2) is 0 Å². The van der Waals surface area contributed by atoms with Gasteiger partial charge in [0.25, 0.3) is 0 Å². The molecule has 1 nitrogen and oxygen atoms in total. The zero-order valence-corrected chi connectivity index (χ0v) is 6.99. The van der Waals surface area contributed by atoms with Crippen molar-refractivity contribution in [1.29, 1.82) is 0 Å². The van der Waals surface area contributed by atoms with Crippen LogP contribution in [0.1, 0.15) is 13.3 Å². The molecule has 0 aromatic rings. The molecule has 1 heterocycles. The Hall–Kier alpha value is -0.130. The molecule has 1 fully saturated rings. The van der Waals surface area contributed by atoms with Crippen LogP contribution in [0.2, 0.25) is 0 Å². The van der Waals surface area contributed by atoms with Crippen LogP contribution in [0.25, 0.3) is 0 Å². The van der Waals surface area contributed by atoms with Crippen molar-refractivity contribution in [3.05, 3.63) is 0 Å². The first-order valence-electron chi connectivity index (χ1n) is 3.51. The molecule has 0 saturated carbocycles. The van der Waals surface area contributed by atoms with Crippen molar-refractivity contribution in [3.8, 4) is 12.3 Å². The Balaban J connectivity index is 2.21. The molecule has 1 saturated heterocycles. The molecule has 0 bridgehead atoms. The molecule has 2 unspecified atom stereocenters. The number of ether oxygens (including phenoxy) is 1. The lowest BCUT2D eigenvalue weighted by Crippen LogP contribution is -2.13. The van der Waals surface area contributed by atoms with Crippen molar-refractivity contribution in [1.82, 2.24) is 0 Å². The lowest BCUT2D eigenvalue weighted by atomic mass is 10.3. The van der Waals surface area contributed by atoms with E-state index in [9.17, 15) is 0 Å². The smallest absolute Gasteiger partial charge is 0.0666 e. The van der Waals surface area contributed by atoms with Crippen LogP contribution in [-0.2, 0) is 4.74 Å². The first kappa shape index (κ1) is 7.97. The van der Waals surface area contributed by atoms with Crippen molar-refractivity contribution in [2.75, 3.05) is 12.4 Å². The van der Waals surface area contributed by atoms with Gasteiger partial charge in [-0.1, -0.05) is 5.92 Å². The van der Waals surface area contributed by atoms with Crippen molar-refractivity contribution >= 4 is 11.8 Å². The summed E-state index contributed by atoms with van der Waals surface area (Å²) in [5.41, 5.74) is 0. The molecule has 0 spiro atoms. The largest absolute Gasteiger partial charge is 0.377 e. The molecule has 2 heteroatoms. The lowest BCUT2D eigenvalue weighted by Gasteiger charge is -2.10. The van der Waals surface area contributed by atoms with E-state index >= 15 is 0 Å². The highest BCUT2D eigenvalue weighted by Crippen LogP contribution is 2.25.